The molecule has 0 saturated heterocycles. The van der Waals surface area contributed by atoms with Gasteiger partial charge in [-0.25, -0.2) is 8.42 Å². The lowest BCUT2D eigenvalue weighted by Crippen LogP contribution is -2.29. The fourth-order valence-electron chi connectivity index (χ4n) is 2.11. The van der Waals surface area contributed by atoms with Gasteiger partial charge >= 0.3 is 0 Å². The Hall–Kier alpha value is -1.09. The van der Waals surface area contributed by atoms with E-state index in [1.807, 2.05) is 13.0 Å². The molecule has 2 rings (SSSR count). The van der Waals surface area contributed by atoms with E-state index in [9.17, 15) is 8.42 Å². The van der Waals surface area contributed by atoms with E-state index in [-0.39, 0.29) is 6.54 Å². The van der Waals surface area contributed by atoms with Crippen molar-refractivity contribution in [3.63, 3.8) is 0 Å². The molecule has 23 heavy (non-hydrogen) atoms. The predicted octanol–water partition coefficient (Wildman–Crippen LogP) is 3.74. The third-order valence-electron chi connectivity index (χ3n) is 3.30. The molecule has 0 aliphatic rings. The monoisotopic (exact) mass is 419 g/mol. The molecule has 0 saturated carbocycles. The van der Waals surface area contributed by atoms with Crippen molar-refractivity contribution in [1.29, 1.82) is 0 Å². The molecule has 2 aromatic rings. The lowest BCUT2D eigenvalue weighted by atomic mass is 10.2. The third kappa shape index (κ3) is 4.06. The van der Waals surface area contributed by atoms with Crippen LogP contribution < -0.4 is 9.47 Å². The summed E-state index contributed by atoms with van der Waals surface area (Å²) < 4.78 is 38.5. The van der Waals surface area contributed by atoms with Crippen molar-refractivity contribution in [2.75, 3.05) is 20.8 Å². The Balaban J connectivity index is 2.29. The van der Waals surface area contributed by atoms with Gasteiger partial charge in [0.25, 0.3) is 10.0 Å². The first-order valence-electron chi connectivity index (χ1n) is 6.88. The number of hydrogen-bond donors (Lipinski definition) is 0. The molecule has 0 atom stereocenters. The number of benzene rings is 1. The Bertz CT molecular complexity index is 774. The summed E-state index contributed by atoms with van der Waals surface area (Å²) in [6.07, 6.45) is 0. The first kappa shape index (κ1) is 18.3. The van der Waals surface area contributed by atoms with E-state index in [4.69, 9.17) is 9.47 Å². The van der Waals surface area contributed by atoms with Gasteiger partial charge in [-0.3, -0.25) is 0 Å². The zero-order chi connectivity index (χ0) is 17.0. The van der Waals surface area contributed by atoms with E-state index in [1.54, 1.807) is 38.5 Å². The molecule has 126 valence electrons. The summed E-state index contributed by atoms with van der Waals surface area (Å²) in [4.78, 5) is 0. The standard InChI is InChI=1S/C15H18BrNO4S2/c1-4-17(23(18,19)15-8-7-14(16)22-15)10-11-5-6-12(20-2)13(9-11)21-3/h5-9H,4,10H2,1-3H3. The number of halogens is 1. The van der Waals surface area contributed by atoms with Gasteiger partial charge in [-0.1, -0.05) is 13.0 Å². The minimum Gasteiger partial charge on any atom is -0.493 e. The summed E-state index contributed by atoms with van der Waals surface area (Å²) in [6.45, 7) is 2.47. The van der Waals surface area contributed by atoms with E-state index in [0.717, 1.165) is 9.35 Å². The van der Waals surface area contributed by atoms with E-state index in [0.29, 0.717) is 22.3 Å². The maximum Gasteiger partial charge on any atom is 0.252 e. The van der Waals surface area contributed by atoms with Crippen molar-refractivity contribution >= 4 is 37.3 Å². The van der Waals surface area contributed by atoms with Crippen LogP contribution in [0.4, 0.5) is 0 Å². The van der Waals surface area contributed by atoms with Crippen LogP contribution in [-0.4, -0.2) is 33.5 Å². The summed E-state index contributed by atoms with van der Waals surface area (Å²) in [7, 11) is -0.395. The lowest BCUT2D eigenvalue weighted by Gasteiger charge is -2.20. The summed E-state index contributed by atoms with van der Waals surface area (Å²) in [5.41, 5.74) is 0.837. The molecule has 0 bridgehead atoms. The quantitative estimate of drug-likeness (QED) is 0.685. The molecule has 0 radical (unpaired) electrons. The maximum atomic E-state index is 12.7. The highest BCUT2D eigenvalue weighted by Gasteiger charge is 2.25. The average molecular weight is 420 g/mol. The van der Waals surface area contributed by atoms with Crippen LogP contribution in [0.1, 0.15) is 12.5 Å². The highest BCUT2D eigenvalue weighted by atomic mass is 79.9. The molecule has 8 heteroatoms. The molecular formula is C15H18BrNO4S2. The highest BCUT2D eigenvalue weighted by molar-refractivity contribution is 9.11. The fraction of sp³-hybridized carbons (Fsp3) is 0.333. The Kier molecular flexibility index (Phi) is 6.07. The summed E-state index contributed by atoms with van der Waals surface area (Å²) in [5.74, 6) is 1.20. The van der Waals surface area contributed by atoms with Gasteiger partial charge in [0.05, 0.1) is 18.0 Å². The first-order chi connectivity index (χ1) is 10.9. The molecule has 1 heterocycles. The van der Waals surface area contributed by atoms with Gasteiger partial charge in [-0.2, -0.15) is 4.31 Å². The molecule has 0 unspecified atom stereocenters. The van der Waals surface area contributed by atoms with Gasteiger partial charge in [0.1, 0.15) is 4.21 Å². The van der Waals surface area contributed by atoms with E-state index >= 15 is 0 Å². The van der Waals surface area contributed by atoms with Crippen LogP contribution in [0.2, 0.25) is 0 Å². The van der Waals surface area contributed by atoms with Crippen molar-refractivity contribution in [3.8, 4) is 11.5 Å². The van der Waals surface area contributed by atoms with Crippen LogP contribution in [0.15, 0.2) is 38.3 Å². The van der Waals surface area contributed by atoms with Gasteiger partial charge in [0.2, 0.25) is 0 Å². The Labute approximate surface area is 149 Å². The molecule has 0 amide bonds. The Morgan fingerprint density at radius 3 is 2.35 bits per heavy atom. The molecule has 0 spiro atoms. The second kappa shape index (κ2) is 7.65. The lowest BCUT2D eigenvalue weighted by molar-refractivity contribution is 0.353. The Morgan fingerprint density at radius 2 is 1.83 bits per heavy atom. The summed E-state index contributed by atoms with van der Waals surface area (Å²) in [6, 6.07) is 8.75. The molecule has 0 aliphatic heterocycles. The normalized spacial score (nSPS) is 11.7. The second-order valence-electron chi connectivity index (χ2n) is 4.68. The molecule has 0 N–H and O–H groups in total. The van der Waals surface area contributed by atoms with Crippen molar-refractivity contribution in [2.45, 2.75) is 17.7 Å². The number of nitrogens with zero attached hydrogens (tertiary/aromatic N) is 1. The van der Waals surface area contributed by atoms with E-state index in [1.165, 1.54) is 15.6 Å². The molecule has 1 aromatic heterocycles. The molecule has 0 fully saturated rings. The second-order valence-corrected chi connectivity index (χ2v) is 9.31. The van der Waals surface area contributed by atoms with E-state index < -0.39 is 10.0 Å². The van der Waals surface area contributed by atoms with Crippen molar-refractivity contribution in [3.05, 3.63) is 39.7 Å². The average Bonchev–Trinajstić information content (AvgIpc) is 2.99. The van der Waals surface area contributed by atoms with Crippen molar-refractivity contribution in [1.82, 2.24) is 4.31 Å². The van der Waals surface area contributed by atoms with Gasteiger partial charge in [0.15, 0.2) is 11.5 Å². The van der Waals surface area contributed by atoms with E-state index in [2.05, 4.69) is 15.9 Å². The minimum absolute atomic E-state index is 0.273. The molecular weight excluding hydrogens is 402 g/mol. The van der Waals surface area contributed by atoms with Crippen LogP contribution in [0.3, 0.4) is 0 Å². The predicted molar refractivity (Wildman–Crippen MR) is 94.8 cm³/mol. The van der Waals surface area contributed by atoms with Crippen molar-refractivity contribution < 1.29 is 17.9 Å². The van der Waals surface area contributed by atoms with Crippen LogP contribution in [0, 0.1) is 0 Å². The van der Waals surface area contributed by atoms with Gasteiger partial charge < -0.3 is 9.47 Å². The number of ether oxygens (including phenoxy) is 2. The largest absolute Gasteiger partial charge is 0.493 e. The third-order valence-corrected chi connectivity index (χ3v) is 7.31. The molecule has 1 aromatic carbocycles. The van der Waals surface area contributed by atoms with Crippen LogP contribution in [0.25, 0.3) is 0 Å². The fourth-order valence-corrected chi connectivity index (χ4v) is 5.71. The summed E-state index contributed by atoms with van der Waals surface area (Å²) in [5, 5.41) is 0. The molecule has 5 nitrogen and oxygen atoms in total. The number of sulfonamides is 1. The smallest absolute Gasteiger partial charge is 0.252 e. The van der Waals surface area contributed by atoms with Crippen LogP contribution in [0.5, 0.6) is 11.5 Å². The van der Waals surface area contributed by atoms with Crippen LogP contribution >= 0.6 is 27.3 Å². The van der Waals surface area contributed by atoms with Crippen molar-refractivity contribution in [2.24, 2.45) is 0 Å². The number of hydrogen-bond acceptors (Lipinski definition) is 5. The maximum absolute atomic E-state index is 12.7. The topological polar surface area (TPSA) is 55.8 Å². The first-order valence-corrected chi connectivity index (χ1v) is 9.93. The van der Waals surface area contributed by atoms with Gasteiger partial charge in [-0.05, 0) is 45.8 Å². The summed E-state index contributed by atoms with van der Waals surface area (Å²) >= 11 is 4.51. The molecule has 0 aliphatic carbocycles. The number of rotatable bonds is 7. The van der Waals surface area contributed by atoms with Gasteiger partial charge in [0, 0.05) is 13.1 Å². The van der Waals surface area contributed by atoms with Gasteiger partial charge in [-0.15, -0.1) is 11.3 Å². The highest BCUT2D eigenvalue weighted by Crippen LogP contribution is 2.31. The number of thiophene rings is 1. The SMILES string of the molecule is CCN(Cc1ccc(OC)c(OC)c1)S(=O)(=O)c1ccc(Br)s1. The minimum atomic E-state index is -3.51. The number of methoxy groups -OCH3 is 2. The zero-order valence-electron chi connectivity index (χ0n) is 13.1. The van der Waals surface area contributed by atoms with Crippen LogP contribution in [-0.2, 0) is 16.6 Å². The zero-order valence-corrected chi connectivity index (χ0v) is 16.3. The Morgan fingerprint density at radius 1 is 1.13 bits per heavy atom.